The van der Waals surface area contributed by atoms with Crippen LogP contribution in [0.15, 0.2) is 47.4 Å². The van der Waals surface area contributed by atoms with Crippen molar-refractivity contribution >= 4 is 11.6 Å². The second-order valence-electron chi connectivity index (χ2n) is 5.86. The largest absolute Gasteiger partial charge is 0.497 e. The Kier molecular flexibility index (Phi) is 4.19. The van der Waals surface area contributed by atoms with Gasteiger partial charge in [0.1, 0.15) is 11.3 Å². The van der Waals surface area contributed by atoms with Gasteiger partial charge in [-0.1, -0.05) is 0 Å². The molecule has 1 amide bonds. The van der Waals surface area contributed by atoms with E-state index >= 15 is 0 Å². The molecule has 23 heavy (non-hydrogen) atoms. The number of H-pyrrole nitrogens is 1. The summed E-state index contributed by atoms with van der Waals surface area (Å²) in [6, 6.07) is 10.6. The van der Waals surface area contributed by atoms with Crippen LogP contribution in [0.2, 0.25) is 0 Å². The van der Waals surface area contributed by atoms with E-state index in [9.17, 15) is 9.59 Å². The molecule has 3 rings (SSSR count). The molecule has 0 radical (unpaired) electrons. The second kappa shape index (κ2) is 6.28. The number of ether oxygens (including phenoxy) is 1. The van der Waals surface area contributed by atoms with E-state index < -0.39 is 0 Å². The van der Waals surface area contributed by atoms with E-state index in [0.29, 0.717) is 5.92 Å². The Balaban J connectivity index is 1.99. The Morgan fingerprint density at radius 3 is 2.52 bits per heavy atom. The molecule has 5 nitrogen and oxygen atoms in total. The molecule has 1 heterocycles. The van der Waals surface area contributed by atoms with Crippen molar-refractivity contribution in [1.29, 1.82) is 0 Å². The number of rotatable bonds is 5. The molecule has 2 aromatic rings. The molecule has 1 atom stereocenters. The number of nitrogens with zero attached hydrogens (tertiary/aromatic N) is 1. The third kappa shape index (κ3) is 3.13. The average Bonchev–Trinajstić information content (AvgIpc) is 3.41. The number of carbonyl (C=O) groups is 1. The van der Waals surface area contributed by atoms with Crippen molar-refractivity contribution in [2.45, 2.75) is 25.8 Å². The number of amides is 1. The first-order valence-corrected chi connectivity index (χ1v) is 7.77. The number of hydrogen-bond acceptors (Lipinski definition) is 3. The fraction of sp³-hybridized carbons (Fsp3) is 0.333. The number of methoxy groups -OCH3 is 1. The number of anilines is 1. The zero-order chi connectivity index (χ0) is 16.4. The van der Waals surface area contributed by atoms with Crippen LogP contribution < -0.4 is 15.2 Å². The van der Waals surface area contributed by atoms with Crippen LogP contribution in [0.25, 0.3) is 0 Å². The average molecular weight is 312 g/mol. The lowest BCUT2D eigenvalue weighted by Gasteiger charge is -2.29. The van der Waals surface area contributed by atoms with Crippen molar-refractivity contribution in [3.63, 3.8) is 0 Å². The summed E-state index contributed by atoms with van der Waals surface area (Å²) in [4.78, 5) is 29.2. The van der Waals surface area contributed by atoms with E-state index in [2.05, 4.69) is 4.98 Å². The van der Waals surface area contributed by atoms with Crippen molar-refractivity contribution in [2.24, 2.45) is 5.92 Å². The molecule has 1 fully saturated rings. The topological polar surface area (TPSA) is 62.4 Å². The summed E-state index contributed by atoms with van der Waals surface area (Å²) in [5, 5.41) is 0. The smallest absolute Gasteiger partial charge is 0.264 e. The summed E-state index contributed by atoms with van der Waals surface area (Å²) in [6.45, 7) is 2.04. The van der Waals surface area contributed by atoms with Crippen LogP contribution in [-0.2, 0) is 0 Å². The van der Waals surface area contributed by atoms with Crippen LogP contribution in [0.1, 0.15) is 30.1 Å². The summed E-state index contributed by atoms with van der Waals surface area (Å²) in [6.07, 6.45) is 3.76. The van der Waals surface area contributed by atoms with Gasteiger partial charge in [-0.2, -0.15) is 0 Å². The predicted molar refractivity (Wildman–Crippen MR) is 89.1 cm³/mol. The molecule has 0 aliphatic heterocycles. The van der Waals surface area contributed by atoms with Crippen LogP contribution >= 0.6 is 0 Å². The highest BCUT2D eigenvalue weighted by atomic mass is 16.5. The normalized spacial score (nSPS) is 15.0. The molecule has 0 unspecified atom stereocenters. The molecule has 1 N–H and O–H groups in total. The Hall–Kier alpha value is -2.56. The van der Waals surface area contributed by atoms with Gasteiger partial charge in [-0.15, -0.1) is 0 Å². The monoisotopic (exact) mass is 312 g/mol. The van der Waals surface area contributed by atoms with E-state index in [1.54, 1.807) is 24.1 Å². The van der Waals surface area contributed by atoms with Crippen molar-refractivity contribution in [2.75, 3.05) is 12.0 Å². The van der Waals surface area contributed by atoms with Gasteiger partial charge >= 0.3 is 0 Å². The van der Waals surface area contributed by atoms with Crippen LogP contribution in [-0.4, -0.2) is 24.0 Å². The lowest BCUT2D eigenvalue weighted by atomic mass is 10.1. The summed E-state index contributed by atoms with van der Waals surface area (Å²) in [7, 11) is 1.61. The van der Waals surface area contributed by atoms with Crippen molar-refractivity contribution in [1.82, 2.24) is 4.98 Å². The minimum absolute atomic E-state index is 0.0514. The third-order valence-corrected chi connectivity index (χ3v) is 4.33. The molecule has 1 aliphatic carbocycles. The number of aromatic nitrogens is 1. The molecular weight excluding hydrogens is 292 g/mol. The maximum absolute atomic E-state index is 13.0. The first kappa shape index (κ1) is 15.3. The highest BCUT2D eigenvalue weighted by molar-refractivity contribution is 6.06. The lowest BCUT2D eigenvalue weighted by molar-refractivity contribution is 0.0974. The molecule has 5 heteroatoms. The van der Waals surface area contributed by atoms with Crippen molar-refractivity contribution in [3.8, 4) is 5.75 Å². The number of nitrogens with one attached hydrogen (secondary N) is 1. The SMILES string of the molecule is COc1ccc(N(C(=O)c2ccc[nH]c2=O)[C@@H](C)C2CC2)cc1. The predicted octanol–water partition coefficient (Wildman–Crippen LogP) is 2.83. The quantitative estimate of drug-likeness (QED) is 0.923. The zero-order valence-corrected chi connectivity index (χ0v) is 13.3. The Labute approximate surface area is 134 Å². The molecule has 0 saturated heterocycles. The maximum atomic E-state index is 13.0. The van der Waals surface area contributed by atoms with Crippen molar-refractivity contribution in [3.05, 3.63) is 58.5 Å². The molecule has 1 aromatic heterocycles. The standard InChI is InChI=1S/C18H20N2O3/c1-12(13-5-6-13)20(14-7-9-15(23-2)10-8-14)18(22)16-4-3-11-19-17(16)21/h3-4,7-13H,5-6H2,1-2H3,(H,19,21)/t12-/m0/s1. The van der Waals surface area contributed by atoms with E-state index in [-0.39, 0.29) is 23.1 Å². The fourth-order valence-corrected chi connectivity index (χ4v) is 2.79. The fourth-order valence-electron chi connectivity index (χ4n) is 2.79. The van der Waals surface area contributed by atoms with E-state index in [0.717, 1.165) is 24.3 Å². The van der Waals surface area contributed by atoms with E-state index in [1.165, 1.54) is 6.20 Å². The van der Waals surface area contributed by atoms with Crippen LogP contribution in [0.5, 0.6) is 5.75 Å². The molecular formula is C18H20N2O3. The minimum atomic E-state index is -0.362. The van der Waals surface area contributed by atoms with Crippen LogP contribution in [0.4, 0.5) is 5.69 Å². The zero-order valence-electron chi connectivity index (χ0n) is 13.3. The molecule has 120 valence electrons. The van der Waals surface area contributed by atoms with E-state index in [4.69, 9.17) is 4.74 Å². The van der Waals surface area contributed by atoms with Gasteiger partial charge in [0.05, 0.1) is 7.11 Å². The first-order chi connectivity index (χ1) is 11.1. The summed E-state index contributed by atoms with van der Waals surface area (Å²) < 4.78 is 5.17. The Bertz CT molecular complexity index is 747. The number of carbonyl (C=O) groups excluding carboxylic acids is 1. The number of hydrogen-bond donors (Lipinski definition) is 1. The Morgan fingerprint density at radius 2 is 1.96 bits per heavy atom. The highest BCUT2D eigenvalue weighted by Crippen LogP contribution is 2.37. The van der Waals surface area contributed by atoms with Gasteiger partial charge in [-0.05, 0) is 62.1 Å². The molecule has 0 spiro atoms. The third-order valence-electron chi connectivity index (χ3n) is 4.33. The van der Waals surface area contributed by atoms with Crippen molar-refractivity contribution < 1.29 is 9.53 Å². The lowest BCUT2D eigenvalue weighted by Crippen LogP contribution is -2.42. The summed E-state index contributed by atoms with van der Waals surface area (Å²) in [5.41, 5.74) is 0.577. The van der Waals surface area contributed by atoms with Gasteiger partial charge in [0.15, 0.2) is 0 Å². The first-order valence-electron chi connectivity index (χ1n) is 7.77. The minimum Gasteiger partial charge on any atom is -0.497 e. The number of aromatic amines is 1. The maximum Gasteiger partial charge on any atom is 0.264 e. The van der Waals surface area contributed by atoms with E-state index in [1.807, 2.05) is 31.2 Å². The van der Waals surface area contributed by atoms with Gasteiger partial charge < -0.3 is 14.6 Å². The van der Waals surface area contributed by atoms with Crippen LogP contribution in [0.3, 0.4) is 0 Å². The summed E-state index contributed by atoms with van der Waals surface area (Å²) in [5.74, 6) is 0.957. The number of pyridine rings is 1. The van der Waals surface area contributed by atoms with Gasteiger partial charge in [-0.25, -0.2) is 0 Å². The summed E-state index contributed by atoms with van der Waals surface area (Å²) >= 11 is 0. The molecule has 1 aromatic carbocycles. The Morgan fingerprint density at radius 1 is 1.26 bits per heavy atom. The van der Waals surface area contributed by atoms with Gasteiger partial charge in [-0.3, -0.25) is 9.59 Å². The number of benzene rings is 1. The highest BCUT2D eigenvalue weighted by Gasteiger charge is 2.36. The van der Waals surface area contributed by atoms with Gasteiger partial charge in [0, 0.05) is 17.9 Å². The molecule has 1 saturated carbocycles. The van der Waals surface area contributed by atoms with Gasteiger partial charge in [0.2, 0.25) is 0 Å². The molecule has 0 bridgehead atoms. The molecule has 1 aliphatic rings. The second-order valence-corrected chi connectivity index (χ2v) is 5.86. The van der Waals surface area contributed by atoms with Crippen LogP contribution in [0, 0.1) is 5.92 Å². The van der Waals surface area contributed by atoms with Gasteiger partial charge in [0.25, 0.3) is 11.5 Å².